The van der Waals surface area contributed by atoms with Gasteiger partial charge in [0.25, 0.3) is 0 Å². The molecule has 30 heavy (non-hydrogen) atoms. The van der Waals surface area contributed by atoms with Gasteiger partial charge >= 0.3 is 11.9 Å². The molecule has 3 atom stereocenters. The summed E-state index contributed by atoms with van der Waals surface area (Å²) in [4.78, 5) is 26.9. The summed E-state index contributed by atoms with van der Waals surface area (Å²) in [6, 6.07) is 22.3. The van der Waals surface area contributed by atoms with E-state index in [1.165, 1.54) is 0 Å². The molecule has 5 heteroatoms. The summed E-state index contributed by atoms with van der Waals surface area (Å²) in [6.45, 7) is 3.90. The second-order valence-corrected chi connectivity index (χ2v) is 9.00. The van der Waals surface area contributed by atoms with E-state index >= 15 is 0 Å². The maximum atomic E-state index is 13.6. The zero-order valence-corrected chi connectivity index (χ0v) is 18.1. The van der Waals surface area contributed by atoms with Crippen LogP contribution in [0, 0.1) is 12.3 Å². The monoisotopic (exact) mass is 462 g/mol. The zero-order valence-electron chi connectivity index (χ0n) is 16.5. The van der Waals surface area contributed by atoms with Gasteiger partial charge in [-0.3, -0.25) is 9.59 Å². The number of benzene rings is 3. The van der Waals surface area contributed by atoms with Gasteiger partial charge in [-0.25, -0.2) is 0 Å². The molecule has 4 nitrogen and oxygen atoms in total. The highest BCUT2D eigenvalue weighted by molar-refractivity contribution is 9.10. The van der Waals surface area contributed by atoms with Gasteiger partial charge in [-0.1, -0.05) is 70.9 Å². The van der Waals surface area contributed by atoms with Crippen molar-refractivity contribution in [2.24, 2.45) is 5.41 Å². The number of hydrogen-bond acceptors (Lipinski definition) is 4. The molecule has 1 aliphatic carbocycles. The summed E-state index contributed by atoms with van der Waals surface area (Å²) >= 11 is 3.46. The van der Waals surface area contributed by atoms with E-state index in [1.54, 1.807) is 18.2 Å². The second-order valence-electron chi connectivity index (χ2n) is 8.08. The van der Waals surface area contributed by atoms with Crippen molar-refractivity contribution in [3.05, 3.63) is 94.0 Å². The molecule has 5 rings (SSSR count). The summed E-state index contributed by atoms with van der Waals surface area (Å²) < 4.78 is 12.3. The average Bonchev–Trinajstić information content (AvgIpc) is 3.34. The van der Waals surface area contributed by atoms with Gasteiger partial charge in [-0.05, 0) is 42.8 Å². The third kappa shape index (κ3) is 2.45. The predicted octanol–water partition coefficient (Wildman–Crippen LogP) is 5.32. The summed E-state index contributed by atoms with van der Waals surface area (Å²) in [6.07, 6.45) is 0. The highest BCUT2D eigenvalue weighted by Gasteiger charge is 2.86. The summed E-state index contributed by atoms with van der Waals surface area (Å²) in [5.74, 6) is -0.584. The van der Waals surface area contributed by atoms with Crippen LogP contribution in [0.2, 0.25) is 0 Å². The molecule has 3 aromatic rings. The van der Waals surface area contributed by atoms with Gasteiger partial charge in [0.2, 0.25) is 0 Å². The fraction of sp³-hybridized carbons (Fsp3) is 0.200. The van der Waals surface area contributed by atoms with Crippen LogP contribution in [0.5, 0.6) is 11.5 Å². The van der Waals surface area contributed by atoms with Crippen LogP contribution in [0.15, 0.2) is 77.3 Å². The SMILES string of the molecule is Cc1ccc(OC(=O)C23C(=O)Oc4ccccc4C2C3(C)c2ccc(Br)cc2)cc1. The Kier molecular flexibility index (Phi) is 4.16. The van der Waals surface area contributed by atoms with E-state index < -0.39 is 22.8 Å². The van der Waals surface area contributed by atoms with Crippen molar-refractivity contribution < 1.29 is 19.1 Å². The van der Waals surface area contributed by atoms with E-state index in [9.17, 15) is 9.59 Å². The number of carbonyl (C=O) groups is 2. The highest BCUT2D eigenvalue weighted by Crippen LogP contribution is 2.77. The van der Waals surface area contributed by atoms with Gasteiger partial charge in [-0.15, -0.1) is 0 Å². The van der Waals surface area contributed by atoms with Crippen LogP contribution in [-0.4, -0.2) is 11.9 Å². The number of para-hydroxylation sites is 1. The molecule has 1 fully saturated rings. The number of esters is 2. The number of carbonyl (C=O) groups excluding carboxylic acids is 2. The average molecular weight is 463 g/mol. The van der Waals surface area contributed by atoms with Crippen LogP contribution in [0.4, 0.5) is 0 Å². The van der Waals surface area contributed by atoms with Crippen molar-refractivity contribution in [2.45, 2.75) is 25.2 Å². The van der Waals surface area contributed by atoms with E-state index in [0.29, 0.717) is 11.5 Å². The Hall–Kier alpha value is -2.92. The van der Waals surface area contributed by atoms with Crippen LogP contribution in [0.1, 0.15) is 29.5 Å². The molecular weight excluding hydrogens is 444 g/mol. The predicted molar refractivity (Wildman–Crippen MR) is 116 cm³/mol. The van der Waals surface area contributed by atoms with Crippen molar-refractivity contribution in [3.63, 3.8) is 0 Å². The summed E-state index contributed by atoms with van der Waals surface area (Å²) in [5, 5.41) is 0. The Morgan fingerprint density at radius 3 is 2.37 bits per heavy atom. The van der Waals surface area contributed by atoms with E-state index in [-0.39, 0.29) is 5.92 Å². The van der Waals surface area contributed by atoms with Gasteiger partial charge in [0, 0.05) is 21.4 Å². The number of fused-ring (bicyclic) bond motifs is 3. The second kappa shape index (κ2) is 6.54. The van der Waals surface area contributed by atoms with E-state index in [4.69, 9.17) is 9.47 Å². The van der Waals surface area contributed by atoms with Crippen LogP contribution in [-0.2, 0) is 15.0 Å². The number of rotatable bonds is 3. The molecule has 0 N–H and O–H groups in total. The summed E-state index contributed by atoms with van der Waals surface area (Å²) in [5.41, 5.74) is 0.593. The van der Waals surface area contributed by atoms with Crippen molar-refractivity contribution in [3.8, 4) is 11.5 Å². The number of halogens is 1. The molecule has 150 valence electrons. The number of hydrogen-bond donors (Lipinski definition) is 0. The summed E-state index contributed by atoms with van der Waals surface area (Å²) in [7, 11) is 0. The third-order valence-corrected chi connectivity index (χ3v) is 7.03. The molecule has 0 bridgehead atoms. The van der Waals surface area contributed by atoms with E-state index in [2.05, 4.69) is 15.9 Å². The molecule has 0 amide bonds. The Balaban J connectivity index is 1.64. The molecule has 0 saturated heterocycles. The van der Waals surface area contributed by atoms with Crippen molar-refractivity contribution in [1.29, 1.82) is 0 Å². The maximum Gasteiger partial charge on any atom is 0.330 e. The van der Waals surface area contributed by atoms with E-state index in [0.717, 1.165) is 21.2 Å². The Bertz CT molecular complexity index is 1170. The quantitative estimate of drug-likeness (QED) is 0.300. The third-order valence-electron chi connectivity index (χ3n) is 6.50. The van der Waals surface area contributed by atoms with E-state index in [1.807, 2.05) is 68.4 Å². The van der Waals surface area contributed by atoms with Gasteiger partial charge in [-0.2, -0.15) is 0 Å². The standard InChI is InChI=1S/C25H19BrO4/c1-15-7-13-18(14-8-15)29-22(27)25-21(19-5-3-4-6-20(19)30-23(25)28)24(25,2)16-9-11-17(26)12-10-16/h3-14,21H,1-2H3. The van der Waals surface area contributed by atoms with Crippen LogP contribution in [0.25, 0.3) is 0 Å². The smallest absolute Gasteiger partial charge is 0.330 e. The fourth-order valence-corrected chi connectivity index (χ4v) is 5.15. The normalized spacial score (nSPS) is 26.2. The molecule has 3 aromatic carbocycles. The highest BCUT2D eigenvalue weighted by atomic mass is 79.9. The first-order valence-corrected chi connectivity index (χ1v) is 10.5. The van der Waals surface area contributed by atoms with Crippen molar-refractivity contribution in [2.75, 3.05) is 0 Å². The van der Waals surface area contributed by atoms with Gasteiger partial charge in [0.1, 0.15) is 11.5 Å². The molecule has 0 aromatic heterocycles. The molecule has 0 spiro atoms. The van der Waals surface area contributed by atoms with Crippen molar-refractivity contribution >= 4 is 27.9 Å². The molecule has 3 unspecified atom stereocenters. The lowest BCUT2D eigenvalue weighted by molar-refractivity contribution is -0.155. The minimum atomic E-state index is -1.43. The Labute approximate surface area is 183 Å². The lowest BCUT2D eigenvalue weighted by atomic mass is 9.87. The molecule has 0 radical (unpaired) electrons. The minimum absolute atomic E-state index is 0.360. The first kappa shape index (κ1) is 19.1. The van der Waals surface area contributed by atoms with Crippen molar-refractivity contribution in [1.82, 2.24) is 0 Å². The lowest BCUT2D eigenvalue weighted by Crippen LogP contribution is -2.40. The first-order chi connectivity index (χ1) is 14.4. The molecule has 1 heterocycles. The van der Waals surface area contributed by atoms with Crippen LogP contribution < -0.4 is 9.47 Å². The maximum absolute atomic E-state index is 13.6. The van der Waals surface area contributed by atoms with Crippen LogP contribution in [0.3, 0.4) is 0 Å². The number of ether oxygens (including phenoxy) is 2. The zero-order chi connectivity index (χ0) is 21.1. The minimum Gasteiger partial charge on any atom is -0.426 e. The largest absolute Gasteiger partial charge is 0.426 e. The van der Waals surface area contributed by atoms with Gasteiger partial charge in [0.05, 0.1) is 0 Å². The topological polar surface area (TPSA) is 52.6 Å². The first-order valence-electron chi connectivity index (χ1n) is 9.75. The fourth-order valence-electron chi connectivity index (χ4n) is 4.88. The van der Waals surface area contributed by atoms with Gasteiger partial charge in [0.15, 0.2) is 5.41 Å². The molecular formula is C25H19BrO4. The Morgan fingerprint density at radius 2 is 1.67 bits per heavy atom. The van der Waals surface area contributed by atoms with Gasteiger partial charge < -0.3 is 9.47 Å². The number of aryl methyl sites for hydroxylation is 1. The lowest BCUT2D eigenvalue weighted by Gasteiger charge is -2.22. The van der Waals surface area contributed by atoms with Crippen LogP contribution >= 0.6 is 15.9 Å². The molecule has 2 aliphatic rings. The molecule has 1 saturated carbocycles. The Morgan fingerprint density at radius 1 is 1.00 bits per heavy atom. The molecule has 1 aliphatic heterocycles.